The number of hydrogen-bond acceptors (Lipinski definition) is 2. The highest BCUT2D eigenvalue weighted by molar-refractivity contribution is 5.82. The summed E-state index contributed by atoms with van der Waals surface area (Å²) < 4.78 is 26.3. The van der Waals surface area contributed by atoms with E-state index in [1.165, 1.54) is 12.1 Å². The van der Waals surface area contributed by atoms with E-state index in [1.807, 2.05) is 30.3 Å². The van der Waals surface area contributed by atoms with E-state index in [9.17, 15) is 13.6 Å². The van der Waals surface area contributed by atoms with Crippen LogP contribution in [0.5, 0.6) is 0 Å². The smallest absolute Gasteiger partial charge is 0.240 e. The highest BCUT2D eigenvalue weighted by Crippen LogP contribution is 2.08. The summed E-state index contributed by atoms with van der Waals surface area (Å²) in [6.45, 7) is 0. The van der Waals surface area contributed by atoms with Gasteiger partial charge in [-0.05, 0) is 18.1 Å². The quantitative estimate of drug-likeness (QED) is 0.667. The van der Waals surface area contributed by atoms with E-state index < -0.39 is 11.6 Å². The van der Waals surface area contributed by atoms with Gasteiger partial charge in [0.2, 0.25) is 5.91 Å². The Balaban J connectivity index is 1.83. The molecular formula is C16H14F2N2O. The van der Waals surface area contributed by atoms with Gasteiger partial charge in [0.15, 0.2) is 11.6 Å². The van der Waals surface area contributed by atoms with Gasteiger partial charge in [-0.1, -0.05) is 42.5 Å². The van der Waals surface area contributed by atoms with Crippen LogP contribution in [-0.4, -0.2) is 12.1 Å². The van der Waals surface area contributed by atoms with Crippen LogP contribution in [0.4, 0.5) is 8.78 Å². The number of carbonyl (C=O) groups excluding carboxylic acids is 1. The van der Waals surface area contributed by atoms with Gasteiger partial charge in [-0.3, -0.25) is 4.79 Å². The van der Waals surface area contributed by atoms with E-state index in [0.717, 1.165) is 17.8 Å². The Bertz CT molecular complexity index is 642. The van der Waals surface area contributed by atoms with E-state index in [4.69, 9.17) is 0 Å². The zero-order valence-electron chi connectivity index (χ0n) is 11.2. The summed E-state index contributed by atoms with van der Waals surface area (Å²) in [4.78, 5) is 11.6. The summed E-state index contributed by atoms with van der Waals surface area (Å²) in [6, 6.07) is 13.3. The van der Waals surface area contributed by atoms with Crippen molar-refractivity contribution < 1.29 is 13.6 Å². The highest BCUT2D eigenvalue weighted by atomic mass is 19.2. The second-order valence-corrected chi connectivity index (χ2v) is 4.42. The third kappa shape index (κ3) is 4.49. The maximum atomic E-state index is 13.3. The Hall–Kier alpha value is -2.56. The fourth-order valence-electron chi connectivity index (χ4n) is 1.75. The van der Waals surface area contributed by atoms with E-state index in [2.05, 4.69) is 10.5 Å². The summed E-state index contributed by atoms with van der Waals surface area (Å²) in [7, 11) is 0. The molecule has 2 aromatic rings. The molecule has 21 heavy (non-hydrogen) atoms. The maximum Gasteiger partial charge on any atom is 0.240 e. The fourth-order valence-corrected chi connectivity index (χ4v) is 1.75. The summed E-state index contributed by atoms with van der Waals surface area (Å²) >= 11 is 0. The lowest BCUT2D eigenvalue weighted by molar-refractivity contribution is -0.121. The normalized spacial score (nSPS) is 10.8. The molecule has 1 amide bonds. The highest BCUT2D eigenvalue weighted by Gasteiger charge is 2.05. The Morgan fingerprint density at radius 1 is 1.10 bits per heavy atom. The molecule has 0 saturated carbocycles. The number of rotatable bonds is 5. The second kappa shape index (κ2) is 7.28. The van der Waals surface area contributed by atoms with Crippen molar-refractivity contribution in [3.05, 3.63) is 71.3 Å². The molecule has 0 aliphatic carbocycles. The minimum absolute atomic E-state index is 0.0154. The second-order valence-electron chi connectivity index (χ2n) is 4.42. The van der Waals surface area contributed by atoms with Crippen LogP contribution >= 0.6 is 0 Å². The molecule has 0 bridgehead atoms. The number of nitrogens with one attached hydrogen (secondary N) is 1. The first-order valence-electron chi connectivity index (χ1n) is 6.46. The molecule has 0 radical (unpaired) electrons. The minimum atomic E-state index is -0.986. The topological polar surface area (TPSA) is 41.5 Å². The largest absolute Gasteiger partial charge is 0.273 e. The summed E-state index contributed by atoms with van der Waals surface area (Å²) in [5.41, 5.74) is 3.32. The van der Waals surface area contributed by atoms with E-state index in [-0.39, 0.29) is 17.9 Å². The monoisotopic (exact) mass is 288 g/mol. The van der Waals surface area contributed by atoms with E-state index >= 15 is 0 Å². The van der Waals surface area contributed by atoms with Crippen molar-refractivity contribution in [3.63, 3.8) is 0 Å². The average Bonchev–Trinajstić information content (AvgIpc) is 2.50. The molecule has 0 aliphatic rings. The molecule has 0 aromatic heterocycles. The number of hydrogen-bond donors (Lipinski definition) is 1. The standard InChI is InChI=1S/C16H14F2N2O/c17-14-8-4-7-13(16(14)18)11-19-20-15(21)10-9-12-5-2-1-3-6-12/h1-8,11H,9-10H2,(H,20,21)/b19-11+. The predicted molar refractivity (Wildman–Crippen MR) is 76.9 cm³/mol. The van der Waals surface area contributed by atoms with Gasteiger partial charge < -0.3 is 0 Å². The van der Waals surface area contributed by atoms with Crippen LogP contribution in [-0.2, 0) is 11.2 Å². The van der Waals surface area contributed by atoms with Gasteiger partial charge in [0.05, 0.1) is 6.21 Å². The number of amides is 1. The number of carbonyl (C=O) groups is 1. The van der Waals surface area contributed by atoms with Gasteiger partial charge in [0.25, 0.3) is 0 Å². The predicted octanol–water partition coefficient (Wildman–Crippen LogP) is 3.05. The summed E-state index contributed by atoms with van der Waals surface area (Å²) in [5.74, 6) is -2.22. The minimum Gasteiger partial charge on any atom is -0.273 e. The van der Waals surface area contributed by atoms with Crippen LogP contribution in [0.2, 0.25) is 0 Å². The van der Waals surface area contributed by atoms with Crippen LogP contribution in [0, 0.1) is 11.6 Å². The first-order chi connectivity index (χ1) is 10.2. The number of hydrazone groups is 1. The molecule has 108 valence electrons. The van der Waals surface area contributed by atoms with Gasteiger partial charge in [-0.2, -0.15) is 5.10 Å². The van der Waals surface area contributed by atoms with Crippen molar-refractivity contribution >= 4 is 12.1 Å². The molecule has 5 heteroatoms. The molecule has 3 nitrogen and oxygen atoms in total. The van der Waals surface area contributed by atoms with Gasteiger partial charge in [-0.25, -0.2) is 14.2 Å². The molecule has 0 atom stereocenters. The van der Waals surface area contributed by atoms with Gasteiger partial charge in [0, 0.05) is 12.0 Å². The molecule has 2 aromatic carbocycles. The van der Waals surface area contributed by atoms with Crippen molar-refractivity contribution in [2.24, 2.45) is 5.10 Å². The number of nitrogens with zero attached hydrogens (tertiary/aromatic N) is 1. The van der Waals surface area contributed by atoms with Crippen molar-refractivity contribution in [2.75, 3.05) is 0 Å². The number of aryl methyl sites for hydroxylation is 1. The fraction of sp³-hybridized carbons (Fsp3) is 0.125. The first-order valence-corrected chi connectivity index (χ1v) is 6.46. The Morgan fingerprint density at radius 2 is 1.86 bits per heavy atom. The van der Waals surface area contributed by atoms with Gasteiger partial charge >= 0.3 is 0 Å². The van der Waals surface area contributed by atoms with Crippen LogP contribution in [0.3, 0.4) is 0 Å². The van der Waals surface area contributed by atoms with Crippen molar-refractivity contribution in [3.8, 4) is 0 Å². The third-order valence-electron chi connectivity index (χ3n) is 2.86. The molecule has 0 fully saturated rings. The third-order valence-corrected chi connectivity index (χ3v) is 2.86. The molecular weight excluding hydrogens is 274 g/mol. The molecule has 0 aliphatic heterocycles. The SMILES string of the molecule is O=C(CCc1ccccc1)N/N=C/c1cccc(F)c1F. The van der Waals surface area contributed by atoms with Crippen molar-refractivity contribution in [1.82, 2.24) is 5.43 Å². The lowest BCUT2D eigenvalue weighted by atomic mass is 10.1. The van der Waals surface area contributed by atoms with Gasteiger partial charge in [-0.15, -0.1) is 0 Å². The molecule has 2 rings (SSSR count). The number of benzene rings is 2. The summed E-state index contributed by atoms with van der Waals surface area (Å²) in [6.07, 6.45) is 1.95. The van der Waals surface area contributed by atoms with Crippen LogP contribution in [0.1, 0.15) is 17.5 Å². The molecule has 0 saturated heterocycles. The zero-order chi connectivity index (χ0) is 15.1. The maximum absolute atomic E-state index is 13.3. The molecule has 1 N–H and O–H groups in total. The Labute approximate surface area is 121 Å². The molecule has 0 heterocycles. The van der Waals surface area contributed by atoms with Crippen LogP contribution < -0.4 is 5.43 Å². The number of halogens is 2. The van der Waals surface area contributed by atoms with Crippen molar-refractivity contribution in [1.29, 1.82) is 0 Å². The molecule has 0 spiro atoms. The van der Waals surface area contributed by atoms with Gasteiger partial charge in [0.1, 0.15) is 0 Å². The Morgan fingerprint density at radius 3 is 2.62 bits per heavy atom. The lowest BCUT2D eigenvalue weighted by Crippen LogP contribution is -2.18. The lowest BCUT2D eigenvalue weighted by Gasteiger charge is -2.01. The summed E-state index contributed by atoms with van der Waals surface area (Å²) in [5, 5.41) is 3.62. The van der Waals surface area contributed by atoms with Crippen molar-refractivity contribution in [2.45, 2.75) is 12.8 Å². The van der Waals surface area contributed by atoms with E-state index in [1.54, 1.807) is 0 Å². The zero-order valence-corrected chi connectivity index (χ0v) is 11.2. The Kier molecular flexibility index (Phi) is 5.15. The average molecular weight is 288 g/mol. The van der Waals surface area contributed by atoms with Crippen LogP contribution in [0.25, 0.3) is 0 Å². The van der Waals surface area contributed by atoms with E-state index in [0.29, 0.717) is 6.42 Å². The first kappa shape index (κ1) is 14.8. The molecule has 0 unspecified atom stereocenters. The van der Waals surface area contributed by atoms with Crippen LogP contribution in [0.15, 0.2) is 53.6 Å².